The van der Waals surface area contributed by atoms with Crippen LogP contribution in [0.2, 0.25) is 0 Å². The Labute approximate surface area is 59.4 Å². The van der Waals surface area contributed by atoms with Gasteiger partial charge >= 0.3 is 0 Å². The predicted octanol–water partition coefficient (Wildman–Crippen LogP) is -0.897. The summed E-state index contributed by atoms with van der Waals surface area (Å²) in [6.45, 7) is 1.62. The lowest BCUT2D eigenvalue weighted by Crippen LogP contribution is -2.42. The molecule has 1 fully saturated rings. The zero-order valence-electron chi connectivity index (χ0n) is 5.91. The van der Waals surface area contributed by atoms with Crippen molar-refractivity contribution >= 4 is 0 Å². The number of ether oxygens (including phenoxy) is 2. The van der Waals surface area contributed by atoms with Crippen molar-refractivity contribution in [3.05, 3.63) is 0 Å². The van der Waals surface area contributed by atoms with Crippen LogP contribution in [0.4, 0.5) is 0 Å². The molecule has 60 valence electrons. The highest BCUT2D eigenvalue weighted by Gasteiger charge is 2.40. The van der Waals surface area contributed by atoms with E-state index in [2.05, 4.69) is 0 Å². The molecule has 0 radical (unpaired) electrons. The van der Waals surface area contributed by atoms with Gasteiger partial charge in [0.15, 0.2) is 0 Å². The molecule has 1 rings (SSSR count). The molecule has 2 atom stereocenters. The minimum absolute atomic E-state index is 0.114. The van der Waals surface area contributed by atoms with Gasteiger partial charge in [0.2, 0.25) is 0 Å². The number of aliphatic hydroxyl groups is 2. The Balaban J connectivity index is 2.56. The zero-order chi connectivity index (χ0) is 7.61. The molecule has 0 aromatic heterocycles. The highest BCUT2D eigenvalue weighted by atomic mass is 16.7. The summed E-state index contributed by atoms with van der Waals surface area (Å²) in [7, 11) is 0. The zero-order valence-corrected chi connectivity index (χ0v) is 5.91. The number of hydrogen-bond acceptors (Lipinski definition) is 4. The smallest absolute Gasteiger partial charge is 0.148 e. The van der Waals surface area contributed by atoms with Gasteiger partial charge in [-0.25, -0.2) is 0 Å². The molecule has 1 aliphatic heterocycles. The monoisotopic (exact) mass is 148 g/mol. The molecule has 10 heavy (non-hydrogen) atoms. The first-order valence-corrected chi connectivity index (χ1v) is 3.20. The third-order valence-electron chi connectivity index (χ3n) is 1.82. The molecule has 0 aliphatic carbocycles. The fraction of sp³-hybridized carbons (Fsp3) is 1.00. The SMILES string of the molecule is CC1(CO)OCOC1CO. The maximum atomic E-state index is 8.81. The van der Waals surface area contributed by atoms with Crippen molar-refractivity contribution in [1.29, 1.82) is 0 Å². The Kier molecular flexibility index (Phi) is 2.25. The van der Waals surface area contributed by atoms with E-state index in [0.29, 0.717) is 0 Å². The molecule has 1 aliphatic rings. The number of aliphatic hydroxyl groups excluding tert-OH is 2. The van der Waals surface area contributed by atoms with Gasteiger partial charge < -0.3 is 19.7 Å². The van der Waals surface area contributed by atoms with Crippen molar-refractivity contribution in [2.45, 2.75) is 18.6 Å². The Bertz CT molecular complexity index is 116. The second-order valence-corrected chi connectivity index (χ2v) is 2.57. The van der Waals surface area contributed by atoms with Crippen molar-refractivity contribution in [1.82, 2.24) is 0 Å². The molecule has 0 aromatic carbocycles. The van der Waals surface area contributed by atoms with Crippen molar-refractivity contribution in [2.24, 2.45) is 0 Å². The molecule has 4 nitrogen and oxygen atoms in total. The number of hydrogen-bond donors (Lipinski definition) is 2. The van der Waals surface area contributed by atoms with Crippen molar-refractivity contribution in [3.8, 4) is 0 Å². The van der Waals surface area contributed by atoms with Crippen LogP contribution in [0.15, 0.2) is 0 Å². The lowest BCUT2D eigenvalue weighted by atomic mass is 10.0. The van der Waals surface area contributed by atoms with Gasteiger partial charge in [-0.05, 0) is 6.92 Å². The van der Waals surface area contributed by atoms with Gasteiger partial charge in [-0.3, -0.25) is 0 Å². The summed E-state index contributed by atoms with van der Waals surface area (Å²) in [4.78, 5) is 0. The molecule has 4 heteroatoms. The number of rotatable bonds is 2. The Morgan fingerprint density at radius 1 is 1.60 bits per heavy atom. The van der Waals surface area contributed by atoms with E-state index in [1.54, 1.807) is 6.92 Å². The minimum Gasteiger partial charge on any atom is -0.394 e. The van der Waals surface area contributed by atoms with Crippen molar-refractivity contribution in [3.63, 3.8) is 0 Å². The first-order chi connectivity index (χ1) is 4.73. The molecule has 1 heterocycles. The van der Waals surface area contributed by atoms with E-state index in [-0.39, 0.29) is 20.0 Å². The van der Waals surface area contributed by atoms with Crippen LogP contribution in [0.1, 0.15) is 6.92 Å². The van der Waals surface area contributed by atoms with Gasteiger partial charge in [0.1, 0.15) is 18.5 Å². The Hall–Kier alpha value is -0.160. The van der Waals surface area contributed by atoms with Crippen LogP contribution < -0.4 is 0 Å². The molecule has 0 bridgehead atoms. The molecule has 2 N–H and O–H groups in total. The standard InChI is InChI=1S/C6H12O4/c1-6(3-8)5(2-7)9-4-10-6/h5,7-8H,2-4H2,1H3. The second-order valence-electron chi connectivity index (χ2n) is 2.57. The lowest BCUT2D eigenvalue weighted by Gasteiger charge is -2.23. The van der Waals surface area contributed by atoms with Crippen LogP contribution in [-0.2, 0) is 9.47 Å². The first-order valence-electron chi connectivity index (χ1n) is 3.20. The normalized spacial score (nSPS) is 40.5. The molecule has 0 spiro atoms. The quantitative estimate of drug-likeness (QED) is 0.533. The lowest BCUT2D eigenvalue weighted by molar-refractivity contribution is -0.0392. The van der Waals surface area contributed by atoms with Crippen LogP contribution in [0.5, 0.6) is 0 Å². The van der Waals surface area contributed by atoms with Gasteiger partial charge in [-0.15, -0.1) is 0 Å². The summed E-state index contributed by atoms with van der Waals surface area (Å²) in [6.07, 6.45) is -0.391. The third-order valence-corrected chi connectivity index (χ3v) is 1.82. The van der Waals surface area contributed by atoms with Crippen LogP contribution in [-0.4, -0.2) is 41.9 Å². The summed E-state index contributed by atoms with van der Waals surface area (Å²) >= 11 is 0. The van der Waals surface area contributed by atoms with Crippen molar-refractivity contribution in [2.75, 3.05) is 20.0 Å². The summed E-state index contributed by atoms with van der Waals surface area (Å²) in [5.74, 6) is 0. The van der Waals surface area contributed by atoms with E-state index >= 15 is 0 Å². The van der Waals surface area contributed by atoms with E-state index in [4.69, 9.17) is 19.7 Å². The van der Waals surface area contributed by atoms with E-state index in [9.17, 15) is 0 Å². The van der Waals surface area contributed by atoms with E-state index in [1.807, 2.05) is 0 Å². The molecule has 0 aromatic rings. The fourth-order valence-electron chi connectivity index (χ4n) is 0.913. The Morgan fingerprint density at radius 3 is 2.70 bits per heavy atom. The Morgan fingerprint density at radius 2 is 2.30 bits per heavy atom. The van der Waals surface area contributed by atoms with Gasteiger partial charge in [0, 0.05) is 0 Å². The van der Waals surface area contributed by atoms with Gasteiger partial charge in [0.25, 0.3) is 0 Å². The molecular formula is C6H12O4. The summed E-state index contributed by atoms with van der Waals surface area (Å²) in [5.41, 5.74) is -0.714. The van der Waals surface area contributed by atoms with Crippen LogP contribution in [0.25, 0.3) is 0 Å². The van der Waals surface area contributed by atoms with Gasteiger partial charge in [0.05, 0.1) is 13.2 Å². The highest BCUT2D eigenvalue weighted by Crippen LogP contribution is 2.23. The highest BCUT2D eigenvalue weighted by molar-refractivity contribution is 4.86. The predicted molar refractivity (Wildman–Crippen MR) is 33.4 cm³/mol. The largest absolute Gasteiger partial charge is 0.394 e. The topological polar surface area (TPSA) is 58.9 Å². The summed E-state index contributed by atoms with van der Waals surface area (Å²) in [6, 6.07) is 0. The molecule has 2 unspecified atom stereocenters. The molecule has 0 saturated carbocycles. The molecule has 1 saturated heterocycles. The molecule has 0 amide bonds. The average molecular weight is 148 g/mol. The summed E-state index contributed by atoms with van der Waals surface area (Å²) < 4.78 is 10.0. The van der Waals surface area contributed by atoms with Crippen LogP contribution >= 0.6 is 0 Å². The minimum atomic E-state index is -0.714. The van der Waals surface area contributed by atoms with Gasteiger partial charge in [-0.1, -0.05) is 0 Å². The maximum Gasteiger partial charge on any atom is 0.148 e. The van der Waals surface area contributed by atoms with Crippen molar-refractivity contribution < 1.29 is 19.7 Å². The molecular weight excluding hydrogens is 136 g/mol. The fourth-order valence-corrected chi connectivity index (χ4v) is 0.913. The third kappa shape index (κ3) is 1.15. The first kappa shape index (κ1) is 7.94. The maximum absolute atomic E-state index is 8.81. The van der Waals surface area contributed by atoms with Crippen LogP contribution in [0.3, 0.4) is 0 Å². The van der Waals surface area contributed by atoms with E-state index in [0.717, 1.165) is 0 Å². The van der Waals surface area contributed by atoms with E-state index < -0.39 is 11.7 Å². The second kappa shape index (κ2) is 2.84. The summed E-state index contributed by atoms with van der Waals surface area (Å²) in [5, 5.41) is 17.5. The van der Waals surface area contributed by atoms with Gasteiger partial charge in [-0.2, -0.15) is 0 Å². The average Bonchev–Trinajstić information content (AvgIpc) is 2.32. The van der Waals surface area contributed by atoms with E-state index in [1.165, 1.54) is 0 Å². The van der Waals surface area contributed by atoms with Crippen LogP contribution in [0, 0.1) is 0 Å².